The van der Waals surface area contributed by atoms with Gasteiger partial charge in [0.2, 0.25) is 12.3 Å². The van der Waals surface area contributed by atoms with Gasteiger partial charge in [-0.25, -0.2) is 0 Å². The zero-order valence-electron chi connectivity index (χ0n) is 13.4. The third-order valence-electron chi connectivity index (χ3n) is 4.16. The molecule has 0 fully saturated rings. The van der Waals surface area contributed by atoms with Crippen LogP contribution in [0.3, 0.4) is 0 Å². The first kappa shape index (κ1) is 18.7. The van der Waals surface area contributed by atoms with Crippen LogP contribution in [-0.2, 0) is 9.59 Å². The third kappa shape index (κ3) is 4.24. The van der Waals surface area contributed by atoms with Gasteiger partial charge < -0.3 is 11.1 Å². The molecule has 1 unspecified atom stereocenters. The first-order valence-corrected chi connectivity index (χ1v) is 8.20. The largest absolute Gasteiger partial charge is 0.366 e. The number of amides is 2. The summed E-state index contributed by atoms with van der Waals surface area (Å²) < 4.78 is 0. The van der Waals surface area contributed by atoms with Gasteiger partial charge in [0.15, 0.2) is 0 Å². The van der Waals surface area contributed by atoms with E-state index in [0.717, 1.165) is 5.57 Å². The molecule has 3 N–H and O–H groups in total. The van der Waals surface area contributed by atoms with E-state index in [1.165, 1.54) is 6.08 Å². The third-order valence-corrected chi connectivity index (χ3v) is 4.53. The maximum Gasteiger partial charge on any atom is 0.254 e. The lowest BCUT2D eigenvalue weighted by atomic mass is 9.89. The SMILES string of the molecule is NC(=O)C1=C2C=CC=C(C(CCl)CNC=O)CC2=C([N+](=O)[O-])CC=C1. The van der Waals surface area contributed by atoms with Crippen molar-refractivity contribution >= 4 is 23.9 Å². The monoisotopic (exact) mass is 363 g/mol. The Bertz CT molecular complexity index is 747. The molecular weight excluding hydrogens is 346 g/mol. The van der Waals surface area contributed by atoms with Gasteiger partial charge in [-0.05, 0) is 5.57 Å². The number of nitrogens with two attached hydrogens (primary N) is 1. The highest BCUT2D eigenvalue weighted by Gasteiger charge is 2.28. The smallest absolute Gasteiger partial charge is 0.254 e. The molecule has 0 bridgehead atoms. The number of nitro groups is 1. The number of allylic oxidation sites excluding steroid dienone is 6. The second-order valence-corrected chi connectivity index (χ2v) is 5.94. The van der Waals surface area contributed by atoms with Gasteiger partial charge in [0, 0.05) is 35.9 Å². The van der Waals surface area contributed by atoms with Crippen molar-refractivity contribution in [2.75, 3.05) is 12.4 Å². The topological polar surface area (TPSA) is 115 Å². The number of carbonyl (C=O) groups is 2. The lowest BCUT2D eigenvalue weighted by Gasteiger charge is -2.18. The minimum Gasteiger partial charge on any atom is -0.366 e. The van der Waals surface area contributed by atoms with Crippen LogP contribution in [0.25, 0.3) is 0 Å². The molecular formula is C17H18ClN3O4. The van der Waals surface area contributed by atoms with Crippen LogP contribution < -0.4 is 11.1 Å². The van der Waals surface area contributed by atoms with Crippen LogP contribution in [0.4, 0.5) is 0 Å². The fraction of sp³-hybridized carbons (Fsp3) is 0.294. The molecule has 2 aliphatic carbocycles. The van der Waals surface area contributed by atoms with E-state index in [1.807, 2.05) is 6.08 Å². The molecule has 0 aliphatic heterocycles. The summed E-state index contributed by atoms with van der Waals surface area (Å²) in [7, 11) is 0. The predicted molar refractivity (Wildman–Crippen MR) is 94.1 cm³/mol. The molecule has 8 heteroatoms. The van der Waals surface area contributed by atoms with Gasteiger partial charge in [-0.3, -0.25) is 19.7 Å². The fourth-order valence-corrected chi connectivity index (χ4v) is 3.20. The molecule has 2 amide bonds. The van der Waals surface area contributed by atoms with Crippen LogP contribution >= 0.6 is 11.6 Å². The highest BCUT2D eigenvalue weighted by atomic mass is 35.5. The minimum absolute atomic E-state index is 0.0246. The van der Waals surface area contributed by atoms with Crippen LogP contribution in [0.15, 0.2) is 58.4 Å². The molecule has 0 aromatic rings. The van der Waals surface area contributed by atoms with Gasteiger partial charge in [-0.1, -0.05) is 36.0 Å². The van der Waals surface area contributed by atoms with Crippen LogP contribution in [-0.4, -0.2) is 29.7 Å². The number of primary amides is 1. The molecule has 1 atom stereocenters. The second kappa shape index (κ2) is 8.43. The summed E-state index contributed by atoms with van der Waals surface area (Å²) in [5.41, 5.74) is 7.45. The fourth-order valence-electron chi connectivity index (χ4n) is 2.89. The van der Waals surface area contributed by atoms with E-state index in [-0.39, 0.29) is 35.9 Å². The van der Waals surface area contributed by atoms with Gasteiger partial charge in [-0.15, -0.1) is 11.6 Å². The molecule has 0 aromatic heterocycles. The van der Waals surface area contributed by atoms with Gasteiger partial charge in [0.05, 0.1) is 11.3 Å². The van der Waals surface area contributed by atoms with Crippen LogP contribution in [0.5, 0.6) is 0 Å². The Labute approximate surface area is 149 Å². The van der Waals surface area contributed by atoms with E-state index in [2.05, 4.69) is 5.32 Å². The van der Waals surface area contributed by atoms with Crippen LogP contribution in [0.2, 0.25) is 0 Å². The van der Waals surface area contributed by atoms with Crippen molar-refractivity contribution in [3.05, 3.63) is 68.5 Å². The summed E-state index contributed by atoms with van der Waals surface area (Å²) in [6.07, 6.45) is 9.22. The summed E-state index contributed by atoms with van der Waals surface area (Å²) in [4.78, 5) is 33.4. The summed E-state index contributed by atoms with van der Waals surface area (Å²) in [5.74, 6) is -0.566. The van der Waals surface area contributed by atoms with E-state index in [9.17, 15) is 19.7 Å². The number of rotatable bonds is 7. The maximum absolute atomic E-state index is 11.8. The molecule has 25 heavy (non-hydrogen) atoms. The molecule has 132 valence electrons. The Hall–Kier alpha value is -2.67. The Morgan fingerprint density at radius 1 is 1.48 bits per heavy atom. The van der Waals surface area contributed by atoms with E-state index >= 15 is 0 Å². The van der Waals surface area contributed by atoms with Crippen molar-refractivity contribution < 1.29 is 14.5 Å². The number of halogens is 1. The summed E-state index contributed by atoms with van der Waals surface area (Å²) in [6.45, 7) is 0.327. The lowest BCUT2D eigenvalue weighted by Crippen LogP contribution is -2.24. The molecule has 0 spiro atoms. The standard InChI is InChI=1S/C17H18ClN3O4/c18-8-12(9-20-10-22)11-3-1-4-13-14(17(19)23)5-2-6-16(21(24)25)15(13)7-11/h1-5,10,12H,6-9H2,(H2,19,23)(H,20,22). The van der Waals surface area contributed by atoms with Crippen LogP contribution in [0.1, 0.15) is 12.8 Å². The van der Waals surface area contributed by atoms with Gasteiger partial charge in [0.25, 0.3) is 5.70 Å². The zero-order chi connectivity index (χ0) is 18.4. The van der Waals surface area contributed by atoms with Crippen molar-refractivity contribution in [2.24, 2.45) is 11.7 Å². The quantitative estimate of drug-likeness (QED) is 0.310. The summed E-state index contributed by atoms with van der Waals surface area (Å²) in [5, 5.41) is 14.1. The Kier molecular flexibility index (Phi) is 6.30. The van der Waals surface area contributed by atoms with Gasteiger partial charge in [0.1, 0.15) is 0 Å². The van der Waals surface area contributed by atoms with Crippen molar-refractivity contribution in [3.63, 3.8) is 0 Å². The minimum atomic E-state index is -0.641. The van der Waals surface area contributed by atoms with Gasteiger partial charge in [-0.2, -0.15) is 0 Å². The van der Waals surface area contributed by atoms with E-state index in [1.54, 1.807) is 18.2 Å². The van der Waals surface area contributed by atoms with Crippen molar-refractivity contribution in [1.82, 2.24) is 5.32 Å². The molecule has 0 heterocycles. The number of nitrogens with zero attached hydrogens (tertiary/aromatic N) is 1. The highest BCUT2D eigenvalue weighted by Crippen LogP contribution is 2.35. The first-order chi connectivity index (χ1) is 12.0. The summed E-state index contributed by atoms with van der Waals surface area (Å²) in [6, 6.07) is 0. The number of hydrogen-bond acceptors (Lipinski definition) is 4. The number of alkyl halides is 1. The molecule has 0 radical (unpaired) electrons. The molecule has 0 saturated heterocycles. The number of nitrogens with one attached hydrogen (secondary N) is 1. The maximum atomic E-state index is 11.8. The zero-order valence-corrected chi connectivity index (χ0v) is 14.2. The predicted octanol–water partition coefficient (Wildman–Crippen LogP) is 1.75. The second-order valence-electron chi connectivity index (χ2n) is 5.64. The lowest BCUT2D eigenvalue weighted by molar-refractivity contribution is -0.427. The number of fused-ring (bicyclic) bond motifs is 1. The number of carbonyl (C=O) groups excluding carboxylic acids is 2. The highest BCUT2D eigenvalue weighted by molar-refractivity contribution is 6.18. The van der Waals surface area contributed by atoms with Crippen LogP contribution in [0, 0.1) is 16.0 Å². The van der Waals surface area contributed by atoms with Crippen molar-refractivity contribution in [2.45, 2.75) is 12.8 Å². The van der Waals surface area contributed by atoms with E-state index in [4.69, 9.17) is 17.3 Å². The van der Waals surface area contributed by atoms with Crippen molar-refractivity contribution in [3.8, 4) is 0 Å². The molecule has 0 saturated carbocycles. The van der Waals surface area contributed by atoms with E-state index in [0.29, 0.717) is 24.1 Å². The molecule has 2 rings (SSSR count). The molecule has 0 aromatic carbocycles. The average Bonchev–Trinajstić information content (AvgIpc) is 2.87. The summed E-state index contributed by atoms with van der Waals surface area (Å²) >= 11 is 6.01. The first-order valence-electron chi connectivity index (χ1n) is 7.67. The molecule has 7 nitrogen and oxygen atoms in total. The number of hydrogen-bond donors (Lipinski definition) is 2. The Balaban J connectivity index is 2.53. The Morgan fingerprint density at radius 2 is 2.24 bits per heavy atom. The van der Waals surface area contributed by atoms with Crippen molar-refractivity contribution in [1.29, 1.82) is 0 Å². The Morgan fingerprint density at radius 3 is 2.84 bits per heavy atom. The van der Waals surface area contributed by atoms with Gasteiger partial charge >= 0.3 is 0 Å². The average molecular weight is 364 g/mol. The molecule has 2 aliphatic rings. The normalized spacial score (nSPS) is 18.0. The van der Waals surface area contributed by atoms with E-state index < -0.39 is 10.8 Å².